The molecule has 0 aromatic heterocycles. The Kier molecular flexibility index (Phi) is 2.78. The summed E-state index contributed by atoms with van der Waals surface area (Å²) in [4.78, 5) is 35.6. The minimum atomic E-state index is -0.745. The first-order chi connectivity index (χ1) is 8.04. The number of hydrogen-bond donors (Lipinski definition) is 3. The van der Waals surface area contributed by atoms with Crippen molar-refractivity contribution in [3.8, 4) is 0 Å². The molecule has 3 N–H and O–H groups in total. The topological polar surface area (TPSA) is 99.8 Å². The molecule has 0 aromatic rings. The van der Waals surface area contributed by atoms with Crippen LogP contribution in [0.2, 0.25) is 0 Å². The molecule has 2 aliphatic heterocycles. The van der Waals surface area contributed by atoms with E-state index in [1.807, 2.05) is 0 Å². The van der Waals surface area contributed by atoms with Crippen LogP contribution in [0.25, 0.3) is 0 Å². The number of rotatable bonds is 3. The van der Waals surface area contributed by atoms with Crippen molar-refractivity contribution in [2.45, 2.75) is 32.2 Å². The maximum atomic E-state index is 11.7. The molecule has 2 fully saturated rings. The van der Waals surface area contributed by atoms with E-state index in [1.54, 1.807) is 13.8 Å². The lowest BCUT2D eigenvalue weighted by Crippen LogP contribution is -2.51. The van der Waals surface area contributed by atoms with Crippen LogP contribution < -0.4 is 16.0 Å². The van der Waals surface area contributed by atoms with Gasteiger partial charge in [-0.05, 0) is 13.8 Å². The second-order valence-corrected chi connectivity index (χ2v) is 3.83. The molecule has 94 valence electrons. The predicted octanol–water partition coefficient (Wildman–Crippen LogP) is -1.07. The fraction of sp³-hybridized carbons (Fsp3) is 0.667. The Balaban J connectivity index is 2.11. The Morgan fingerprint density at radius 3 is 2.76 bits per heavy atom. The fourth-order valence-electron chi connectivity index (χ4n) is 1.95. The van der Waals surface area contributed by atoms with Gasteiger partial charge in [-0.25, -0.2) is 14.4 Å². The highest BCUT2D eigenvalue weighted by Gasteiger charge is 2.48. The van der Waals surface area contributed by atoms with E-state index >= 15 is 0 Å². The Morgan fingerprint density at radius 1 is 1.41 bits per heavy atom. The Hall–Kier alpha value is -1.99. The van der Waals surface area contributed by atoms with Gasteiger partial charge in [0.15, 0.2) is 0 Å². The van der Waals surface area contributed by atoms with Gasteiger partial charge in [-0.1, -0.05) is 0 Å². The molecule has 17 heavy (non-hydrogen) atoms. The van der Waals surface area contributed by atoms with Gasteiger partial charge >= 0.3 is 18.0 Å². The molecule has 2 aliphatic rings. The normalized spacial score (nSPS) is 28.0. The first-order valence-electron chi connectivity index (χ1n) is 5.37. The number of nitrogens with zero attached hydrogens (tertiary/aromatic N) is 1. The zero-order chi connectivity index (χ0) is 12.6. The van der Waals surface area contributed by atoms with E-state index in [1.165, 1.54) is 4.90 Å². The standard InChI is InChI=1S/C9H14N4O4/c1-3-17-7(14)4(2)13-6-5(11-9(13)16)10-8(15)12-6/h4-6H,3H2,1-2H3,(H,11,16)(H2,10,12,15). The largest absolute Gasteiger partial charge is 0.464 e. The van der Waals surface area contributed by atoms with E-state index in [-0.39, 0.29) is 12.6 Å². The molecule has 0 aliphatic carbocycles. The molecule has 4 amide bonds. The van der Waals surface area contributed by atoms with Gasteiger partial charge in [0.2, 0.25) is 0 Å². The molecule has 8 heteroatoms. The summed E-state index contributed by atoms with van der Waals surface area (Å²) >= 11 is 0. The number of hydrogen-bond acceptors (Lipinski definition) is 4. The third kappa shape index (κ3) is 1.85. The first-order valence-corrected chi connectivity index (χ1v) is 5.37. The third-order valence-corrected chi connectivity index (χ3v) is 2.74. The highest BCUT2D eigenvalue weighted by atomic mass is 16.5. The van der Waals surface area contributed by atoms with Gasteiger partial charge in [0.05, 0.1) is 6.61 Å². The minimum absolute atomic E-state index is 0.247. The van der Waals surface area contributed by atoms with Gasteiger partial charge in [0.1, 0.15) is 18.4 Å². The van der Waals surface area contributed by atoms with Crippen LogP contribution in [0.15, 0.2) is 0 Å². The highest BCUT2D eigenvalue weighted by Crippen LogP contribution is 2.17. The van der Waals surface area contributed by atoms with Crippen LogP contribution in [0.3, 0.4) is 0 Å². The second kappa shape index (κ2) is 4.11. The predicted molar refractivity (Wildman–Crippen MR) is 55.7 cm³/mol. The molecule has 3 unspecified atom stereocenters. The Bertz CT molecular complexity index is 372. The van der Waals surface area contributed by atoms with Gasteiger partial charge in [-0.3, -0.25) is 4.90 Å². The minimum Gasteiger partial charge on any atom is -0.464 e. The third-order valence-electron chi connectivity index (χ3n) is 2.74. The monoisotopic (exact) mass is 242 g/mol. The van der Waals surface area contributed by atoms with Crippen LogP contribution in [-0.4, -0.2) is 47.9 Å². The smallest absolute Gasteiger partial charge is 0.328 e. The molecule has 8 nitrogen and oxygen atoms in total. The van der Waals surface area contributed by atoms with Crippen LogP contribution in [0.5, 0.6) is 0 Å². The van der Waals surface area contributed by atoms with Crippen molar-refractivity contribution < 1.29 is 19.1 Å². The number of urea groups is 2. The van der Waals surface area contributed by atoms with Crippen LogP contribution in [0.4, 0.5) is 9.59 Å². The summed E-state index contributed by atoms with van der Waals surface area (Å²) in [6.45, 7) is 3.50. The summed E-state index contributed by atoms with van der Waals surface area (Å²) in [5.41, 5.74) is 0. The lowest BCUT2D eigenvalue weighted by Gasteiger charge is -2.26. The van der Waals surface area contributed by atoms with Crippen molar-refractivity contribution in [2.24, 2.45) is 0 Å². The summed E-state index contributed by atoms with van der Waals surface area (Å²) < 4.78 is 4.85. The lowest BCUT2D eigenvalue weighted by atomic mass is 10.2. The van der Waals surface area contributed by atoms with E-state index in [0.29, 0.717) is 0 Å². The van der Waals surface area contributed by atoms with Gasteiger partial charge in [0, 0.05) is 0 Å². The van der Waals surface area contributed by atoms with Crippen LogP contribution in [0, 0.1) is 0 Å². The molecule has 0 aromatic carbocycles. The van der Waals surface area contributed by atoms with Crippen molar-refractivity contribution in [3.63, 3.8) is 0 Å². The van der Waals surface area contributed by atoms with Crippen LogP contribution in [-0.2, 0) is 9.53 Å². The van der Waals surface area contributed by atoms with Crippen molar-refractivity contribution in [1.29, 1.82) is 0 Å². The molecule has 2 heterocycles. The van der Waals surface area contributed by atoms with E-state index < -0.39 is 30.4 Å². The first kappa shape index (κ1) is 11.5. The molecule has 2 rings (SSSR count). The average molecular weight is 242 g/mol. The number of fused-ring (bicyclic) bond motifs is 1. The molecule has 0 radical (unpaired) electrons. The molecule has 3 atom stereocenters. The quantitative estimate of drug-likeness (QED) is 0.548. The number of nitrogens with one attached hydrogen (secondary N) is 3. The molecule has 0 bridgehead atoms. The van der Waals surface area contributed by atoms with E-state index in [9.17, 15) is 14.4 Å². The highest BCUT2D eigenvalue weighted by molar-refractivity contribution is 5.88. The van der Waals surface area contributed by atoms with Crippen molar-refractivity contribution in [1.82, 2.24) is 20.9 Å². The molecular weight excluding hydrogens is 228 g/mol. The number of carbonyl (C=O) groups excluding carboxylic acids is 3. The number of esters is 1. The number of amides is 4. The zero-order valence-corrected chi connectivity index (χ0v) is 9.52. The van der Waals surface area contributed by atoms with Crippen molar-refractivity contribution >= 4 is 18.0 Å². The average Bonchev–Trinajstić information content (AvgIpc) is 2.72. The van der Waals surface area contributed by atoms with Crippen molar-refractivity contribution in [3.05, 3.63) is 0 Å². The molecule has 2 saturated heterocycles. The molecule has 0 saturated carbocycles. The lowest BCUT2D eigenvalue weighted by molar-refractivity contribution is -0.148. The Labute approximate surface area is 97.7 Å². The maximum Gasteiger partial charge on any atom is 0.328 e. The van der Waals surface area contributed by atoms with E-state index in [4.69, 9.17) is 4.74 Å². The van der Waals surface area contributed by atoms with Gasteiger partial charge in [0.25, 0.3) is 0 Å². The number of carbonyl (C=O) groups is 3. The van der Waals surface area contributed by atoms with Crippen LogP contribution in [0.1, 0.15) is 13.8 Å². The second-order valence-electron chi connectivity index (χ2n) is 3.83. The van der Waals surface area contributed by atoms with Crippen molar-refractivity contribution in [2.75, 3.05) is 6.61 Å². The van der Waals surface area contributed by atoms with Gasteiger partial charge < -0.3 is 20.7 Å². The van der Waals surface area contributed by atoms with Gasteiger partial charge in [-0.2, -0.15) is 0 Å². The summed E-state index contributed by atoms with van der Waals surface area (Å²) in [6, 6.07) is -1.53. The zero-order valence-electron chi connectivity index (χ0n) is 9.52. The SMILES string of the molecule is CCOC(=O)C(C)N1C(=O)NC2NC(=O)NC21. The maximum absolute atomic E-state index is 11.7. The van der Waals surface area contributed by atoms with E-state index in [2.05, 4.69) is 16.0 Å². The number of ether oxygens (including phenoxy) is 1. The summed E-state index contributed by atoms with van der Waals surface area (Å²) in [6.07, 6.45) is -1.07. The molecule has 0 spiro atoms. The summed E-state index contributed by atoms with van der Waals surface area (Å²) in [5.74, 6) is -0.496. The van der Waals surface area contributed by atoms with E-state index in [0.717, 1.165) is 0 Å². The van der Waals surface area contributed by atoms with Gasteiger partial charge in [-0.15, -0.1) is 0 Å². The summed E-state index contributed by atoms with van der Waals surface area (Å²) in [7, 11) is 0. The Morgan fingerprint density at radius 2 is 2.12 bits per heavy atom. The fourth-order valence-corrected chi connectivity index (χ4v) is 1.95. The molecular formula is C9H14N4O4. The summed E-state index contributed by atoms with van der Waals surface area (Å²) in [5, 5.41) is 7.64. The van der Waals surface area contributed by atoms with Crippen LogP contribution >= 0.6 is 0 Å².